The average Bonchev–Trinajstić information content (AvgIpc) is 2.87. The number of carbonyl (C=O) groups excluding carboxylic acids is 1. The molecule has 2 aromatic carbocycles. The van der Waals surface area contributed by atoms with Crippen LogP contribution in [0.25, 0.3) is 22.1 Å². The third-order valence-electron chi connectivity index (χ3n) is 3.08. The summed E-state index contributed by atoms with van der Waals surface area (Å²) in [6, 6.07) is 13.7. The van der Waals surface area contributed by atoms with Gasteiger partial charge in [-0.3, -0.25) is 14.9 Å². The van der Waals surface area contributed by atoms with Crippen molar-refractivity contribution < 1.29 is 14.1 Å². The maximum Gasteiger partial charge on any atom is 0.442 e. The van der Waals surface area contributed by atoms with Crippen LogP contribution >= 0.6 is 0 Å². The second-order valence-electron chi connectivity index (χ2n) is 4.24. The van der Waals surface area contributed by atoms with Crippen LogP contribution < -0.4 is 0 Å². The molecule has 0 fully saturated rings. The molecule has 0 aliphatic heterocycles. The number of fused-ring (bicyclic) bond motifs is 1. The van der Waals surface area contributed by atoms with E-state index in [1.54, 1.807) is 42.5 Å². The molecule has 0 N–H and O–H groups in total. The van der Waals surface area contributed by atoms with Crippen molar-refractivity contribution in [1.29, 1.82) is 0 Å². The van der Waals surface area contributed by atoms with Crippen LogP contribution in [0.4, 0.5) is 5.88 Å². The van der Waals surface area contributed by atoms with Crippen molar-refractivity contribution in [1.82, 2.24) is 0 Å². The lowest BCUT2D eigenvalue weighted by atomic mass is 10.0. The Bertz CT molecular complexity index is 805. The molecule has 0 saturated carbocycles. The van der Waals surface area contributed by atoms with Crippen LogP contribution in [0.1, 0.15) is 10.4 Å². The van der Waals surface area contributed by atoms with Crippen LogP contribution in [0, 0.1) is 10.1 Å². The number of rotatable bonds is 3. The second kappa shape index (κ2) is 4.62. The third-order valence-corrected chi connectivity index (χ3v) is 3.08. The summed E-state index contributed by atoms with van der Waals surface area (Å²) in [6.45, 7) is 0. The van der Waals surface area contributed by atoms with Crippen molar-refractivity contribution in [2.24, 2.45) is 0 Å². The van der Waals surface area contributed by atoms with Crippen molar-refractivity contribution in [2.75, 3.05) is 0 Å². The van der Waals surface area contributed by atoms with Gasteiger partial charge in [0.25, 0.3) is 0 Å². The highest BCUT2D eigenvalue weighted by atomic mass is 16.6. The summed E-state index contributed by atoms with van der Waals surface area (Å²) in [6.07, 6.45) is 0.675. The fraction of sp³-hybridized carbons (Fsp3) is 0. The molecule has 5 heteroatoms. The summed E-state index contributed by atoms with van der Waals surface area (Å²) in [5.41, 5.74) is 1.69. The molecule has 0 aliphatic rings. The number of aldehydes is 1. The minimum absolute atomic E-state index is 0.333. The van der Waals surface area contributed by atoms with Crippen molar-refractivity contribution in [3.63, 3.8) is 0 Å². The van der Waals surface area contributed by atoms with Crippen LogP contribution in [0.3, 0.4) is 0 Å². The van der Waals surface area contributed by atoms with Gasteiger partial charge in [-0.15, -0.1) is 0 Å². The zero-order chi connectivity index (χ0) is 14.1. The molecule has 3 rings (SSSR count). The normalized spacial score (nSPS) is 10.6. The first kappa shape index (κ1) is 12.1. The highest BCUT2D eigenvalue weighted by Gasteiger charge is 2.26. The Morgan fingerprint density at radius 1 is 1.05 bits per heavy atom. The fourth-order valence-electron chi connectivity index (χ4n) is 2.26. The van der Waals surface area contributed by atoms with Gasteiger partial charge in [-0.25, -0.2) is 0 Å². The molecule has 1 heterocycles. The number of hydrogen-bond acceptors (Lipinski definition) is 4. The Labute approximate surface area is 113 Å². The lowest BCUT2D eigenvalue weighted by molar-refractivity contribution is -0.400. The van der Waals surface area contributed by atoms with Crippen molar-refractivity contribution in [3.8, 4) is 11.1 Å². The lowest BCUT2D eigenvalue weighted by Gasteiger charge is -1.99. The number of benzene rings is 2. The first-order valence-corrected chi connectivity index (χ1v) is 5.93. The van der Waals surface area contributed by atoms with E-state index in [9.17, 15) is 14.9 Å². The van der Waals surface area contributed by atoms with E-state index in [4.69, 9.17) is 4.42 Å². The second-order valence-corrected chi connectivity index (χ2v) is 4.24. The standard InChI is InChI=1S/C15H9NO4/c17-9-11-7-4-8-12-13(11)14(15(20-12)16(18)19)10-5-2-1-3-6-10/h1-9H. The predicted octanol–water partition coefficient (Wildman–Crippen LogP) is 3.82. The van der Waals surface area contributed by atoms with Crippen molar-refractivity contribution in [2.45, 2.75) is 0 Å². The summed E-state index contributed by atoms with van der Waals surface area (Å²) >= 11 is 0. The predicted molar refractivity (Wildman–Crippen MR) is 73.7 cm³/mol. The van der Waals surface area contributed by atoms with Gasteiger partial charge >= 0.3 is 5.88 Å². The van der Waals surface area contributed by atoms with E-state index in [-0.39, 0.29) is 5.88 Å². The summed E-state index contributed by atoms with van der Waals surface area (Å²) in [7, 11) is 0. The van der Waals surface area contributed by atoms with Gasteiger partial charge in [0.1, 0.15) is 16.1 Å². The molecule has 0 unspecified atom stereocenters. The Kier molecular flexibility index (Phi) is 2.80. The van der Waals surface area contributed by atoms with E-state index in [1.807, 2.05) is 6.07 Å². The fourth-order valence-corrected chi connectivity index (χ4v) is 2.26. The van der Waals surface area contributed by atoms with Gasteiger partial charge in [0.2, 0.25) is 0 Å². The van der Waals surface area contributed by atoms with Crippen LogP contribution in [-0.4, -0.2) is 11.2 Å². The number of hydrogen-bond donors (Lipinski definition) is 0. The molecule has 20 heavy (non-hydrogen) atoms. The Hall–Kier alpha value is -2.95. The van der Waals surface area contributed by atoms with E-state index in [0.29, 0.717) is 33.9 Å². The first-order valence-electron chi connectivity index (χ1n) is 5.93. The van der Waals surface area contributed by atoms with Gasteiger partial charge in [-0.1, -0.05) is 42.5 Å². The number of nitrogens with zero attached hydrogens (tertiary/aromatic N) is 1. The number of nitro groups is 1. The minimum Gasteiger partial charge on any atom is -0.400 e. The third kappa shape index (κ3) is 1.76. The van der Waals surface area contributed by atoms with Crippen LogP contribution in [0.15, 0.2) is 52.9 Å². The highest BCUT2D eigenvalue weighted by molar-refractivity contribution is 6.07. The molecular formula is C15H9NO4. The highest BCUT2D eigenvalue weighted by Crippen LogP contribution is 2.40. The van der Waals surface area contributed by atoms with E-state index >= 15 is 0 Å². The Balaban J connectivity index is 2.46. The molecular weight excluding hydrogens is 258 g/mol. The topological polar surface area (TPSA) is 73.3 Å². The maximum atomic E-state index is 11.2. The molecule has 0 bridgehead atoms. The molecule has 0 aliphatic carbocycles. The summed E-state index contributed by atoms with van der Waals surface area (Å²) in [5, 5.41) is 11.7. The zero-order valence-corrected chi connectivity index (χ0v) is 10.3. The average molecular weight is 267 g/mol. The van der Waals surface area contributed by atoms with Crippen molar-refractivity contribution >= 4 is 23.1 Å². The molecule has 98 valence electrons. The molecule has 0 amide bonds. The minimum atomic E-state index is -0.573. The monoisotopic (exact) mass is 267 g/mol. The maximum absolute atomic E-state index is 11.2. The van der Waals surface area contributed by atoms with Crippen LogP contribution in [-0.2, 0) is 0 Å². The van der Waals surface area contributed by atoms with E-state index < -0.39 is 4.92 Å². The van der Waals surface area contributed by atoms with Gasteiger partial charge in [-0.2, -0.15) is 0 Å². The largest absolute Gasteiger partial charge is 0.442 e. The van der Waals surface area contributed by atoms with Gasteiger partial charge in [0.05, 0.1) is 0 Å². The lowest BCUT2D eigenvalue weighted by Crippen LogP contribution is -1.89. The molecule has 0 spiro atoms. The van der Waals surface area contributed by atoms with Crippen LogP contribution in [0.2, 0.25) is 0 Å². The van der Waals surface area contributed by atoms with E-state index in [2.05, 4.69) is 0 Å². The Morgan fingerprint density at radius 3 is 2.45 bits per heavy atom. The Morgan fingerprint density at radius 2 is 1.80 bits per heavy atom. The molecule has 3 aromatic rings. The summed E-state index contributed by atoms with van der Waals surface area (Å²) in [5.74, 6) is -0.347. The zero-order valence-electron chi connectivity index (χ0n) is 10.3. The van der Waals surface area contributed by atoms with Crippen molar-refractivity contribution in [3.05, 3.63) is 64.2 Å². The SMILES string of the molecule is O=Cc1cccc2oc([N+](=O)[O-])c(-c3ccccc3)c12. The van der Waals surface area contributed by atoms with Gasteiger partial charge in [0, 0.05) is 10.9 Å². The quantitative estimate of drug-likeness (QED) is 0.410. The smallest absolute Gasteiger partial charge is 0.400 e. The first-order chi connectivity index (χ1) is 9.72. The summed E-state index contributed by atoms with van der Waals surface area (Å²) in [4.78, 5) is 21.8. The van der Waals surface area contributed by atoms with Gasteiger partial charge in [0.15, 0.2) is 6.29 Å². The summed E-state index contributed by atoms with van der Waals surface area (Å²) < 4.78 is 5.30. The molecule has 0 saturated heterocycles. The molecule has 0 atom stereocenters. The van der Waals surface area contributed by atoms with Gasteiger partial charge in [-0.05, 0) is 11.6 Å². The molecule has 5 nitrogen and oxygen atoms in total. The van der Waals surface area contributed by atoms with E-state index in [0.717, 1.165) is 0 Å². The van der Waals surface area contributed by atoms with Crippen LogP contribution in [0.5, 0.6) is 0 Å². The molecule has 0 radical (unpaired) electrons. The van der Waals surface area contributed by atoms with Gasteiger partial charge < -0.3 is 4.42 Å². The van der Waals surface area contributed by atoms with E-state index in [1.165, 1.54) is 0 Å². The molecule has 1 aromatic heterocycles. The number of furan rings is 1. The number of carbonyl (C=O) groups is 1.